The Kier molecular flexibility index (Phi) is 9.91. The van der Waals surface area contributed by atoms with Crippen LogP contribution in [0.2, 0.25) is 0 Å². The lowest BCUT2D eigenvalue weighted by atomic mass is 10.1. The monoisotopic (exact) mass is 561 g/mol. The van der Waals surface area contributed by atoms with Gasteiger partial charge in [-0.3, -0.25) is 0 Å². The zero-order valence-electron chi connectivity index (χ0n) is 25.2. The highest BCUT2D eigenvalue weighted by atomic mass is 16.6. The highest BCUT2D eigenvalue weighted by molar-refractivity contribution is 6.07. The highest BCUT2D eigenvalue weighted by Gasteiger charge is 2.19. The van der Waals surface area contributed by atoms with Gasteiger partial charge in [0.15, 0.2) is 5.82 Å². The number of carbonyl (C=O) groups is 1. The summed E-state index contributed by atoms with van der Waals surface area (Å²) in [6.07, 6.45) is 4.38. The summed E-state index contributed by atoms with van der Waals surface area (Å²) < 4.78 is 18.7. The number of para-hydroxylation sites is 1. The maximum absolute atomic E-state index is 12.0. The van der Waals surface area contributed by atoms with Crippen LogP contribution in [-0.2, 0) is 24.2 Å². The first-order valence-corrected chi connectivity index (χ1v) is 14.4. The van der Waals surface area contributed by atoms with Gasteiger partial charge in [0.2, 0.25) is 0 Å². The molecule has 2 aromatic heterocycles. The summed E-state index contributed by atoms with van der Waals surface area (Å²) in [7, 11) is 3.31. The first-order valence-electron chi connectivity index (χ1n) is 14.4. The lowest BCUT2D eigenvalue weighted by Gasteiger charge is -2.19. The van der Waals surface area contributed by atoms with E-state index in [9.17, 15) is 4.79 Å². The number of unbranched alkanes of at least 4 members (excludes halogenated alkanes) is 2. The number of amides is 1. The van der Waals surface area contributed by atoms with E-state index in [1.54, 1.807) is 14.2 Å². The van der Waals surface area contributed by atoms with Gasteiger partial charge in [-0.1, -0.05) is 31.5 Å². The van der Waals surface area contributed by atoms with Gasteiger partial charge in [-0.05, 0) is 58.2 Å². The molecule has 2 heterocycles. The van der Waals surface area contributed by atoms with Crippen molar-refractivity contribution in [1.82, 2.24) is 19.9 Å². The molecule has 0 bridgehead atoms. The third-order valence-corrected chi connectivity index (χ3v) is 6.83. The van der Waals surface area contributed by atoms with Crippen LogP contribution in [0.5, 0.6) is 11.5 Å². The summed E-state index contributed by atoms with van der Waals surface area (Å²) in [5.74, 6) is 3.31. The molecule has 4 aromatic rings. The van der Waals surface area contributed by atoms with E-state index >= 15 is 0 Å². The van der Waals surface area contributed by atoms with Crippen molar-refractivity contribution >= 4 is 33.8 Å². The third kappa shape index (κ3) is 7.60. The fourth-order valence-electron chi connectivity index (χ4n) is 4.85. The smallest absolute Gasteiger partial charge is 0.407 e. The SMILES string of the molecule is CCCCc1nc2c(NCc3ccc(OC)cc3OC)nc3ccccc3c2n1CCCCNC(=O)OC(C)(C)C. The van der Waals surface area contributed by atoms with Gasteiger partial charge in [0.1, 0.15) is 28.4 Å². The Hall–Kier alpha value is -4.01. The quantitative estimate of drug-likeness (QED) is 0.172. The van der Waals surface area contributed by atoms with Crippen LogP contribution in [0.1, 0.15) is 64.8 Å². The van der Waals surface area contributed by atoms with Crippen LogP contribution in [-0.4, -0.2) is 47.0 Å². The van der Waals surface area contributed by atoms with E-state index in [1.807, 2.05) is 57.2 Å². The molecule has 9 heteroatoms. The number of benzene rings is 2. The van der Waals surface area contributed by atoms with Crippen LogP contribution in [0, 0.1) is 0 Å². The number of methoxy groups -OCH3 is 2. The van der Waals surface area contributed by atoms with Gasteiger partial charge in [-0.15, -0.1) is 0 Å². The standard InChI is InChI=1S/C32H43N5O4/c1-7-8-15-27-36-28-29(37(27)19-12-11-18-33-31(38)41-32(2,3)4)24-13-9-10-14-25(24)35-30(28)34-21-22-16-17-23(39-5)20-26(22)40-6/h9-10,13-14,16-17,20H,7-8,11-12,15,18-19,21H2,1-6H3,(H,33,38)(H,34,35). The molecule has 1 amide bonds. The van der Waals surface area contributed by atoms with E-state index < -0.39 is 5.60 Å². The molecule has 9 nitrogen and oxygen atoms in total. The minimum Gasteiger partial charge on any atom is -0.497 e. The van der Waals surface area contributed by atoms with Crippen molar-refractivity contribution in [3.63, 3.8) is 0 Å². The van der Waals surface area contributed by atoms with Gasteiger partial charge >= 0.3 is 6.09 Å². The van der Waals surface area contributed by atoms with Gasteiger partial charge in [0, 0.05) is 43.1 Å². The number of ether oxygens (including phenoxy) is 3. The molecule has 2 aromatic carbocycles. The molecule has 4 rings (SSSR count). The summed E-state index contributed by atoms with van der Waals surface area (Å²) in [4.78, 5) is 22.2. The molecular formula is C32H43N5O4. The summed E-state index contributed by atoms with van der Waals surface area (Å²) >= 11 is 0. The number of hydrogen-bond donors (Lipinski definition) is 2. The van der Waals surface area contributed by atoms with Gasteiger partial charge in [0.05, 0.1) is 25.3 Å². The molecule has 0 aliphatic rings. The van der Waals surface area contributed by atoms with Crippen molar-refractivity contribution in [3.05, 3.63) is 53.9 Å². The van der Waals surface area contributed by atoms with Crippen molar-refractivity contribution in [1.29, 1.82) is 0 Å². The molecule has 0 saturated heterocycles. The van der Waals surface area contributed by atoms with Gasteiger partial charge in [-0.2, -0.15) is 0 Å². The number of nitrogens with zero attached hydrogens (tertiary/aromatic N) is 3. The van der Waals surface area contributed by atoms with E-state index in [-0.39, 0.29) is 6.09 Å². The predicted molar refractivity (Wildman–Crippen MR) is 164 cm³/mol. The average Bonchev–Trinajstić information content (AvgIpc) is 3.32. The lowest BCUT2D eigenvalue weighted by molar-refractivity contribution is 0.0527. The number of anilines is 1. The summed E-state index contributed by atoms with van der Waals surface area (Å²) in [6, 6.07) is 14.0. The van der Waals surface area contributed by atoms with Crippen LogP contribution in [0.3, 0.4) is 0 Å². The van der Waals surface area contributed by atoms with Crippen molar-refractivity contribution in [2.75, 3.05) is 26.1 Å². The van der Waals surface area contributed by atoms with Crippen molar-refractivity contribution in [2.24, 2.45) is 0 Å². The Morgan fingerprint density at radius 2 is 1.80 bits per heavy atom. The number of rotatable bonds is 13. The summed E-state index contributed by atoms with van der Waals surface area (Å²) in [6.45, 7) is 9.68. The third-order valence-electron chi connectivity index (χ3n) is 6.83. The number of aromatic nitrogens is 3. The fraction of sp³-hybridized carbons (Fsp3) is 0.469. The van der Waals surface area contributed by atoms with E-state index in [0.29, 0.717) is 13.1 Å². The minimum atomic E-state index is -0.507. The largest absolute Gasteiger partial charge is 0.497 e. The number of alkyl carbamates (subject to hydrolysis) is 1. The highest BCUT2D eigenvalue weighted by Crippen LogP contribution is 2.32. The van der Waals surface area contributed by atoms with Crippen LogP contribution >= 0.6 is 0 Å². The number of nitrogens with one attached hydrogen (secondary N) is 2. The second-order valence-corrected chi connectivity index (χ2v) is 11.1. The normalized spacial score (nSPS) is 11.6. The molecule has 0 aliphatic carbocycles. The molecule has 0 atom stereocenters. The number of aryl methyl sites for hydroxylation is 2. The molecule has 0 unspecified atom stereocenters. The van der Waals surface area contributed by atoms with E-state index in [2.05, 4.69) is 28.2 Å². The molecule has 2 N–H and O–H groups in total. The molecule has 0 radical (unpaired) electrons. The summed E-state index contributed by atoms with van der Waals surface area (Å²) in [5, 5.41) is 7.49. The second-order valence-electron chi connectivity index (χ2n) is 11.1. The first kappa shape index (κ1) is 30.0. The Morgan fingerprint density at radius 3 is 2.54 bits per heavy atom. The Bertz CT molecular complexity index is 1470. The maximum Gasteiger partial charge on any atom is 0.407 e. The topological polar surface area (TPSA) is 99.5 Å². The lowest BCUT2D eigenvalue weighted by Crippen LogP contribution is -2.33. The second kappa shape index (κ2) is 13.6. The predicted octanol–water partition coefficient (Wildman–Crippen LogP) is 6.86. The van der Waals surface area contributed by atoms with Crippen molar-refractivity contribution in [2.45, 2.75) is 78.5 Å². The van der Waals surface area contributed by atoms with Crippen LogP contribution in [0.25, 0.3) is 21.9 Å². The Morgan fingerprint density at radius 1 is 1.00 bits per heavy atom. The Balaban J connectivity index is 1.61. The molecule has 0 aliphatic heterocycles. The molecule has 0 fully saturated rings. The number of pyridine rings is 1. The molecule has 41 heavy (non-hydrogen) atoms. The van der Waals surface area contributed by atoms with Crippen LogP contribution in [0.15, 0.2) is 42.5 Å². The average molecular weight is 562 g/mol. The van der Waals surface area contributed by atoms with Gasteiger partial charge in [-0.25, -0.2) is 14.8 Å². The van der Waals surface area contributed by atoms with E-state index in [1.165, 1.54) is 0 Å². The Labute approximate surface area is 242 Å². The zero-order valence-corrected chi connectivity index (χ0v) is 25.2. The van der Waals surface area contributed by atoms with Gasteiger partial charge < -0.3 is 29.4 Å². The van der Waals surface area contributed by atoms with Crippen molar-refractivity contribution < 1.29 is 19.0 Å². The van der Waals surface area contributed by atoms with Crippen LogP contribution in [0.4, 0.5) is 10.6 Å². The van der Waals surface area contributed by atoms with E-state index in [0.717, 1.165) is 89.3 Å². The maximum atomic E-state index is 12.0. The number of hydrogen-bond acceptors (Lipinski definition) is 7. The zero-order chi connectivity index (χ0) is 29.4. The molecule has 220 valence electrons. The number of carbonyl (C=O) groups excluding carboxylic acids is 1. The minimum absolute atomic E-state index is 0.379. The molecular weight excluding hydrogens is 518 g/mol. The molecule has 0 spiro atoms. The van der Waals surface area contributed by atoms with Crippen LogP contribution < -0.4 is 20.1 Å². The number of imidazole rings is 1. The number of fused-ring (bicyclic) bond motifs is 3. The van der Waals surface area contributed by atoms with Crippen molar-refractivity contribution in [3.8, 4) is 11.5 Å². The first-order chi connectivity index (χ1) is 19.7. The molecule has 0 saturated carbocycles. The fourth-order valence-corrected chi connectivity index (χ4v) is 4.85. The summed E-state index contributed by atoms with van der Waals surface area (Å²) in [5.41, 5.74) is 3.37. The van der Waals surface area contributed by atoms with Gasteiger partial charge in [0.25, 0.3) is 0 Å². The van der Waals surface area contributed by atoms with E-state index in [4.69, 9.17) is 24.2 Å².